The second kappa shape index (κ2) is 9.95. The summed E-state index contributed by atoms with van der Waals surface area (Å²) in [6, 6.07) is 7.24. The van der Waals surface area contributed by atoms with E-state index in [1.54, 1.807) is 12.1 Å². The maximum absolute atomic E-state index is 11.7. The van der Waals surface area contributed by atoms with Crippen molar-refractivity contribution in [3.05, 3.63) is 24.3 Å². The van der Waals surface area contributed by atoms with Gasteiger partial charge < -0.3 is 24.8 Å². The summed E-state index contributed by atoms with van der Waals surface area (Å²) in [5.74, 6) is -0.0406. The lowest BCUT2D eigenvalue weighted by Crippen LogP contribution is -2.34. The lowest BCUT2D eigenvalue weighted by atomic mass is 10.2. The van der Waals surface area contributed by atoms with E-state index in [1.807, 2.05) is 12.1 Å². The van der Waals surface area contributed by atoms with Gasteiger partial charge in [0.15, 0.2) is 5.11 Å². The number of carbonyl (C=O) groups is 2. The normalized spacial score (nSPS) is 16.1. The van der Waals surface area contributed by atoms with Gasteiger partial charge in [-0.15, -0.1) is 0 Å². The third-order valence-corrected chi connectivity index (χ3v) is 3.81. The molecular weight excluding hydrogens is 344 g/mol. The quantitative estimate of drug-likeness (QED) is 0.564. The van der Waals surface area contributed by atoms with Crippen LogP contribution in [-0.2, 0) is 19.1 Å². The van der Waals surface area contributed by atoms with Crippen molar-refractivity contribution < 1.29 is 23.8 Å². The molecule has 0 aliphatic carbocycles. The van der Waals surface area contributed by atoms with Gasteiger partial charge in [0.2, 0.25) is 5.91 Å². The fourth-order valence-corrected chi connectivity index (χ4v) is 2.50. The van der Waals surface area contributed by atoms with Crippen molar-refractivity contribution >= 4 is 34.9 Å². The molecule has 1 fully saturated rings. The number of ether oxygens (including phenoxy) is 3. The Labute approximate surface area is 152 Å². The van der Waals surface area contributed by atoms with E-state index in [-0.39, 0.29) is 30.0 Å². The van der Waals surface area contributed by atoms with E-state index >= 15 is 0 Å². The lowest BCUT2D eigenvalue weighted by Gasteiger charge is -2.13. The number of esters is 1. The van der Waals surface area contributed by atoms with Gasteiger partial charge in [-0.25, -0.2) is 0 Å². The summed E-state index contributed by atoms with van der Waals surface area (Å²) in [6.45, 7) is 1.35. The Morgan fingerprint density at radius 3 is 2.68 bits per heavy atom. The first-order chi connectivity index (χ1) is 12.1. The molecule has 1 amide bonds. The zero-order chi connectivity index (χ0) is 18.1. The van der Waals surface area contributed by atoms with Crippen LogP contribution in [0.2, 0.25) is 0 Å². The molecular formula is C17H22N2O5S. The molecule has 0 aromatic heterocycles. The summed E-state index contributed by atoms with van der Waals surface area (Å²) in [7, 11) is 1.28. The molecule has 0 spiro atoms. The van der Waals surface area contributed by atoms with E-state index in [4.69, 9.17) is 21.7 Å². The van der Waals surface area contributed by atoms with E-state index < -0.39 is 5.97 Å². The first kappa shape index (κ1) is 19.1. The van der Waals surface area contributed by atoms with Crippen LogP contribution in [0.15, 0.2) is 24.3 Å². The molecule has 1 heterocycles. The number of hydrogen-bond acceptors (Lipinski definition) is 6. The fourth-order valence-electron chi connectivity index (χ4n) is 2.27. The van der Waals surface area contributed by atoms with Crippen LogP contribution in [0.1, 0.15) is 25.7 Å². The summed E-state index contributed by atoms with van der Waals surface area (Å²) < 4.78 is 15.7. The molecule has 0 bridgehead atoms. The van der Waals surface area contributed by atoms with Gasteiger partial charge in [0.25, 0.3) is 0 Å². The minimum atomic E-state index is -0.437. The second-order valence-corrected chi connectivity index (χ2v) is 5.96. The predicted molar refractivity (Wildman–Crippen MR) is 96.5 cm³/mol. The Morgan fingerprint density at radius 1 is 1.28 bits per heavy atom. The highest BCUT2D eigenvalue weighted by atomic mass is 32.1. The van der Waals surface area contributed by atoms with Crippen molar-refractivity contribution in [1.29, 1.82) is 0 Å². The average molecular weight is 366 g/mol. The number of anilines is 1. The Balaban J connectivity index is 1.71. The monoisotopic (exact) mass is 366 g/mol. The van der Waals surface area contributed by atoms with Crippen molar-refractivity contribution in [3.63, 3.8) is 0 Å². The van der Waals surface area contributed by atoms with E-state index in [2.05, 4.69) is 15.4 Å². The summed E-state index contributed by atoms with van der Waals surface area (Å²) in [4.78, 5) is 22.6. The topological polar surface area (TPSA) is 85.9 Å². The fraction of sp³-hybridized carbons (Fsp3) is 0.471. The standard InChI is InChI=1S/C17H22N2O5S/c1-22-16(21)9-8-15(20)19-17(25)18-12-4-6-13(7-5-12)24-11-14-3-2-10-23-14/h4-7,14H,2-3,8-11H2,1H3,(H2,18,19,20,25). The summed E-state index contributed by atoms with van der Waals surface area (Å²) >= 11 is 5.07. The van der Waals surface area contributed by atoms with Gasteiger partial charge in [-0.3, -0.25) is 9.59 Å². The van der Waals surface area contributed by atoms with E-state index in [1.165, 1.54) is 7.11 Å². The number of benzene rings is 1. The third-order valence-electron chi connectivity index (χ3n) is 3.61. The maximum Gasteiger partial charge on any atom is 0.306 e. The third kappa shape index (κ3) is 7.06. The molecule has 1 saturated heterocycles. The molecule has 1 aliphatic rings. The van der Waals surface area contributed by atoms with Gasteiger partial charge in [0.1, 0.15) is 12.4 Å². The molecule has 1 unspecified atom stereocenters. The number of amides is 1. The number of carbonyl (C=O) groups excluding carboxylic acids is 2. The van der Waals surface area contributed by atoms with Gasteiger partial charge in [0.05, 0.1) is 19.6 Å². The van der Waals surface area contributed by atoms with Crippen LogP contribution >= 0.6 is 12.2 Å². The minimum Gasteiger partial charge on any atom is -0.491 e. The Hall–Kier alpha value is -2.19. The molecule has 1 aromatic carbocycles. The SMILES string of the molecule is COC(=O)CCC(=O)NC(=S)Nc1ccc(OCC2CCCO2)cc1. The number of hydrogen-bond donors (Lipinski definition) is 2. The molecule has 0 radical (unpaired) electrons. The van der Waals surface area contributed by atoms with Crippen molar-refractivity contribution in [3.8, 4) is 5.75 Å². The van der Waals surface area contributed by atoms with Gasteiger partial charge in [-0.1, -0.05) is 0 Å². The summed E-state index contributed by atoms with van der Waals surface area (Å²) in [6.07, 6.45) is 2.32. The second-order valence-electron chi connectivity index (χ2n) is 5.55. The smallest absolute Gasteiger partial charge is 0.306 e. The Bertz CT molecular complexity index is 600. The van der Waals surface area contributed by atoms with Gasteiger partial charge in [-0.2, -0.15) is 0 Å². The van der Waals surface area contributed by atoms with E-state index in [0.717, 1.165) is 30.9 Å². The number of rotatable bonds is 7. The number of methoxy groups -OCH3 is 1. The number of thiocarbonyl (C=S) groups is 1. The molecule has 8 heteroatoms. The van der Waals surface area contributed by atoms with Crippen LogP contribution < -0.4 is 15.4 Å². The molecule has 1 atom stereocenters. The van der Waals surface area contributed by atoms with E-state index in [9.17, 15) is 9.59 Å². The molecule has 2 rings (SSSR count). The highest BCUT2D eigenvalue weighted by Crippen LogP contribution is 2.18. The van der Waals surface area contributed by atoms with Crippen molar-refractivity contribution in [2.45, 2.75) is 31.8 Å². The van der Waals surface area contributed by atoms with Crippen LogP contribution in [0.4, 0.5) is 5.69 Å². The van der Waals surface area contributed by atoms with Crippen LogP contribution in [0.5, 0.6) is 5.75 Å². The van der Waals surface area contributed by atoms with Crippen LogP contribution in [0.25, 0.3) is 0 Å². The Morgan fingerprint density at radius 2 is 2.04 bits per heavy atom. The molecule has 7 nitrogen and oxygen atoms in total. The molecule has 1 aliphatic heterocycles. The Kier molecular flexibility index (Phi) is 7.62. The van der Waals surface area contributed by atoms with Crippen LogP contribution in [-0.4, -0.2) is 43.4 Å². The lowest BCUT2D eigenvalue weighted by molar-refractivity contribution is -0.142. The first-order valence-electron chi connectivity index (χ1n) is 8.09. The van der Waals surface area contributed by atoms with E-state index in [0.29, 0.717) is 6.61 Å². The van der Waals surface area contributed by atoms with Gasteiger partial charge in [-0.05, 0) is 49.3 Å². The number of nitrogens with one attached hydrogen (secondary N) is 2. The summed E-state index contributed by atoms with van der Waals surface area (Å²) in [5.41, 5.74) is 0.725. The van der Waals surface area contributed by atoms with Crippen molar-refractivity contribution in [1.82, 2.24) is 5.32 Å². The zero-order valence-electron chi connectivity index (χ0n) is 14.1. The minimum absolute atomic E-state index is 0.0156. The molecule has 25 heavy (non-hydrogen) atoms. The largest absolute Gasteiger partial charge is 0.491 e. The van der Waals surface area contributed by atoms with Crippen LogP contribution in [0, 0.1) is 0 Å². The average Bonchev–Trinajstić information content (AvgIpc) is 3.12. The van der Waals surface area contributed by atoms with Crippen LogP contribution in [0.3, 0.4) is 0 Å². The molecule has 0 saturated carbocycles. The highest BCUT2D eigenvalue weighted by Gasteiger charge is 2.16. The van der Waals surface area contributed by atoms with Crippen molar-refractivity contribution in [2.75, 3.05) is 25.6 Å². The molecule has 1 aromatic rings. The first-order valence-corrected chi connectivity index (χ1v) is 8.50. The summed E-state index contributed by atoms with van der Waals surface area (Å²) in [5, 5.41) is 5.58. The van der Waals surface area contributed by atoms with Crippen molar-refractivity contribution in [2.24, 2.45) is 0 Å². The highest BCUT2D eigenvalue weighted by molar-refractivity contribution is 7.80. The molecule has 2 N–H and O–H groups in total. The maximum atomic E-state index is 11.7. The molecule has 136 valence electrons. The predicted octanol–water partition coefficient (Wildman–Crippen LogP) is 2.01. The van der Waals surface area contributed by atoms with Gasteiger partial charge >= 0.3 is 5.97 Å². The van der Waals surface area contributed by atoms with Gasteiger partial charge in [0, 0.05) is 18.7 Å². The zero-order valence-corrected chi connectivity index (χ0v) is 14.9.